The van der Waals surface area contributed by atoms with Crippen LogP contribution in [0.3, 0.4) is 0 Å². The number of benzene rings is 1. The van der Waals surface area contributed by atoms with Crippen molar-refractivity contribution in [2.45, 2.75) is 24.7 Å². The summed E-state index contributed by atoms with van der Waals surface area (Å²) in [7, 11) is 0. The van der Waals surface area contributed by atoms with Gasteiger partial charge in [-0.3, -0.25) is 4.79 Å². The molecule has 1 aromatic rings. The monoisotopic (exact) mass is 252 g/mol. The van der Waals surface area contributed by atoms with Crippen LogP contribution in [0, 0.1) is 5.92 Å². The zero-order chi connectivity index (χ0) is 12.7. The third kappa shape index (κ3) is 4.40. The van der Waals surface area contributed by atoms with Crippen molar-refractivity contribution in [1.29, 1.82) is 0 Å². The van der Waals surface area contributed by atoms with E-state index in [0.29, 0.717) is 6.54 Å². The summed E-state index contributed by atoms with van der Waals surface area (Å²) in [5, 5.41) is 2.90. The summed E-state index contributed by atoms with van der Waals surface area (Å²) in [5.41, 5.74) is 6.43. The minimum absolute atomic E-state index is 0.0197. The van der Waals surface area contributed by atoms with Gasteiger partial charge in [-0.15, -0.1) is 11.8 Å². The summed E-state index contributed by atoms with van der Waals surface area (Å²) in [4.78, 5) is 13.1. The highest BCUT2D eigenvalue weighted by atomic mass is 32.2. The minimum atomic E-state index is -0.0831. The average Bonchev–Trinajstić information content (AvgIpc) is 2.36. The molecule has 0 radical (unpaired) electrons. The van der Waals surface area contributed by atoms with Crippen molar-refractivity contribution in [3.63, 3.8) is 0 Å². The van der Waals surface area contributed by atoms with E-state index in [2.05, 4.69) is 12.2 Å². The highest BCUT2D eigenvalue weighted by Crippen LogP contribution is 2.18. The molecule has 0 heterocycles. The molecule has 0 fully saturated rings. The Labute approximate surface area is 107 Å². The van der Waals surface area contributed by atoms with E-state index >= 15 is 0 Å². The molecular formula is C13H20N2OS. The van der Waals surface area contributed by atoms with Crippen molar-refractivity contribution in [2.24, 2.45) is 11.7 Å². The third-order valence-corrected chi connectivity index (χ3v) is 3.39. The molecule has 1 rings (SSSR count). The van der Waals surface area contributed by atoms with Gasteiger partial charge in [0.25, 0.3) is 0 Å². The highest BCUT2D eigenvalue weighted by Gasteiger charge is 2.15. The van der Waals surface area contributed by atoms with E-state index in [9.17, 15) is 4.79 Å². The molecule has 0 spiro atoms. The molecule has 0 bridgehead atoms. The molecule has 3 N–H and O–H groups in total. The summed E-state index contributed by atoms with van der Waals surface area (Å²) >= 11 is 1.68. The van der Waals surface area contributed by atoms with E-state index in [4.69, 9.17) is 5.73 Å². The minimum Gasteiger partial charge on any atom is -0.330 e. The molecule has 1 atom stereocenters. The summed E-state index contributed by atoms with van der Waals surface area (Å²) in [6.45, 7) is 2.46. The number of hydrogen-bond donors (Lipinski definition) is 2. The Morgan fingerprint density at radius 3 is 2.53 bits per heavy atom. The molecule has 0 aliphatic rings. The van der Waals surface area contributed by atoms with Crippen LogP contribution in [-0.4, -0.2) is 18.7 Å². The number of carbonyl (C=O) groups is 1. The molecule has 4 heteroatoms. The van der Waals surface area contributed by atoms with Gasteiger partial charge in [0.2, 0.25) is 5.91 Å². The Kier molecular flexibility index (Phi) is 6.08. The lowest BCUT2D eigenvalue weighted by Crippen LogP contribution is -2.29. The Hall–Kier alpha value is -1.00. The number of hydrogen-bond acceptors (Lipinski definition) is 3. The second-order valence-electron chi connectivity index (χ2n) is 3.94. The Bertz CT molecular complexity index is 351. The van der Waals surface area contributed by atoms with Crippen LogP contribution in [0.15, 0.2) is 29.2 Å². The van der Waals surface area contributed by atoms with E-state index in [1.165, 1.54) is 4.90 Å². The fourth-order valence-corrected chi connectivity index (χ4v) is 2.03. The van der Waals surface area contributed by atoms with Crippen LogP contribution in [0.1, 0.15) is 19.8 Å². The number of anilines is 1. The Balaban J connectivity index is 2.59. The summed E-state index contributed by atoms with van der Waals surface area (Å²) in [5.74, 6) is -0.0634. The first-order valence-corrected chi connectivity index (χ1v) is 7.08. The fourth-order valence-electron chi connectivity index (χ4n) is 1.62. The predicted octanol–water partition coefficient (Wildman–Crippen LogP) is 2.72. The van der Waals surface area contributed by atoms with Crippen LogP contribution >= 0.6 is 11.8 Å². The molecule has 0 saturated carbocycles. The maximum absolute atomic E-state index is 11.9. The van der Waals surface area contributed by atoms with Crippen molar-refractivity contribution in [3.8, 4) is 0 Å². The van der Waals surface area contributed by atoms with Crippen LogP contribution in [0.2, 0.25) is 0 Å². The molecule has 0 aromatic heterocycles. The zero-order valence-corrected chi connectivity index (χ0v) is 11.2. The highest BCUT2D eigenvalue weighted by molar-refractivity contribution is 7.98. The summed E-state index contributed by atoms with van der Waals surface area (Å²) in [6.07, 6.45) is 3.84. The van der Waals surface area contributed by atoms with Gasteiger partial charge in [0.05, 0.1) is 5.92 Å². The molecule has 1 aromatic carbocycles. The smallest absolute Gasteiger partial charge is 0.228 e. The van der Waals surface area contributed by atoms with Gasteiger partial charge >= 0.3 is 0 Å². The second-order valence-corrected chi connectivity index (χ2v) is 4.82. The first-order chi connectivity index (χ1) is 8.21. The molecule has 1 amide bonds. The normalized spacial score (nSPS) is 12.2. The van der Waals surface area contributed by atoms with E-state index < -0.39 is 0 Å². The Morgan fingerprint density at radius 1 is 1.41 bits per heavy atom. The molecule has 0 saturated heterocycles. The van der Waals surface area contributed by atoms with E-state index in [1.807, 2.05) is 30.5 Å². The molecule has 0 aliphatic heterocycles. The van der Waals surface area contributed by atoms with Crippen LogP contribution in [0.4, 0.5) is 5.69 Å². The number of nitrogens with one attached hydrogen (secondary N) is 1. The van der Waals surface area contributed by atoms with Crippen molar-refractivity contribution in [2.75, 3.05) is 18.1 Å². The average molecular weight is 252 g/mol. The van der Waals surface area contributed by atoms with E-state index in [1.54, 1.807) is 11.8 Å². The topological polar surface area (TPSA) is 55.1 Å². The van der Waals surface area contributed by atoms with E-state index in [0.717, 1.165) is 18.5 Å². The van der Waals surface area contributed by atoms with Gasteiger partial charge in [0.15, 0.2) is 0 Å². The van der Waals surface area contributed by atoms with Gasteiger partial charge < -0.3 is 11.1 Å². The third-order valence-electron chi connectivity index (χ3n) is 2.65. The quantitative estimate of drug-likeness (QED) is 0.765. The summed E-state index contributed by atoms with van der Waals surface area (Å²) < 4.78 is 0. The molecular weight excluding hydrogens is 232 g/mol. The first kappa shape index (κ1) is 14.1. The SMILES string of the molecule is CCCC(CN)C(=O)Nc1ccc(SC)cc1. The van der Waals surface area contributed by atoms with Crippen molar-refractivity contribution < 1.29 is 4.79 Å². The maximum Gasteiger partial charge on any atom is 0.228 e. The van der Waals surface area contributed by atoms with Gasteiger partial charge in [-0.25, -0.2) is 0 Å². The number of amides is 1. The van der Waals surface area contributed by atoms with Gasteiger partial charge in [-0.2, -0.15) is 0 Å². The van der Waals surface area contributed by atoms with Gasteiger partial charge in [-0.1, -0.05) is 13.3 Å². The van der Waals surface area contributed by atoms with Crippen LogP contribution < -0.4 is 11.1 Å². The van der Waals surface area contributed by atoms with Crippen LogP contribution in [0.25, 0.3) is 0 Å². The van der Waals surface area contributed by atoms with Crippen molar-refractivity contribution in [3.05, 3.63) is 24.3 Å². The second kappa shape index (κ2) is 7.35. The first-order valence-electron chi connectivity index (χ1n) is 5.86. The van der Waals surface area contributed by atoms with Crippen LogP contribution in [0.5, 0.6) is 0 Å². The molecule has 1 unspecified atom stereocenters. The fraction of sp³-hybridized carbons (Fsp3) is 0.462. The van der Waals surface area contributed by atoms with Gasteiger partial charge in [0.1, 0.15) is 0 Å². The zero-order valence-electron chi connectivity index (χ0n) is 10.4. The number of nitrogens with two attached hydrogens (primary N) is 1. The maximum atomic E-state index is 11.9. The van der Waals surface area contributed by atoms with Crippen molar-refractivity contribution >= 4 is 23.4 Å². The Morgan fingerprint density at radius 2 is 2.06 bits per heavy atom. The van der Waals surface area contributed by atoms with Gasteiger partial charge in [0, 0.05) is 17.1 Å². The lowest BCUT2D eigenvalue weighted by Gasteiger charge is -2.13. The predicted molar refractivity (Wildman–Crippen MR) is 74.3 cm³/mol. The molecule has 3 nitrogen and oxygen atoms in total. The standard InChI is InChI=1S/C13H20N2OS/c1-3-4-10(9-14)13(16)15-11-5-7-12(17-2)8-6-11/h5-8,10H,3-4,9,14H2,1-2H3,(H,15,16). The molecule has 94 valence electrons. The van der Waals surface area contributed by atoms with Crippen LogP contribution in [-0.2, 0) is 4.79 Å². The molecule has 0 aliphatic carbocycles. The largest absolute Gasteiger partial charge is 0.330 e. The van der Waals surface area contributed by atoms with E-state index in [-0.39, 0.29) is 11.8 Å². The van der Waals surface area contributed by atoms with Gasteiger partial charge in [-0.05, 0) is 36.9 Å². The van der Waals surface area contributed by atoms with Crippen molar-refractivity contribution in [1.82, 2.24) is 0 Å². The number of thioether (sulfide) groups is 1. The lowest BCUT2D eigenvalue weighted by atomic mass is 10.0. The molecule has 17 heavy (non-hydrogen) atoms. The summed E-state index contributed by atoms with van der Waals surface area (Å²) in [6, 6.07) is 7.83. The number of rotatable bonds is 6. The lowest BCUT2D eigenvalue weighted by molar-refractivity contribution is -0.119. The number of carbonyl (C=O) groups excluding carboxylic acids is 1.